The highest BCUT2D eigenvalue weighted by molar-refractivity contribution is 6.06. The van der Waals surface area contributed by atoms with E-state index >= 15 is 0 Å². The van der Waals surface area contributed by atoms with E-state index in [1.165, 1.54) is 0 Å². The predicted octanol–water partition coefficient (Wildman–Crippen LogP) is 3.60. The summed E-state index contributed by atoms with van der Waals surface area (Å²) >= 11 is 0. The van der Waals surface area contributed by atoms with Gasteiger partial charge in [-0.2, -0.15) is 5.10 Å². The predicted molar refractivity (Wildman–Crippen MR) is 101 cm³/mol. The zero-order valence-electron chi connectivity index (χ0n) is 14.5. The van der Waals surface area contributed by atoms with Gasteiger partial charge in [-0.3, -0.25) is 9.78 Å². The number of nitrogens with one attached hydrogen (secondary N) is 1. The first-order chi connectivity index (χ1) is 13.3. The second-order valence-corrected chi connectivity index (χ2v) is 6.70. The first-order valence-corrected chi connectivity index (χ1v) is 8.91. The van der Waals surface area contributed by atoms with Crippen LogP contribution in [0.1, 0.15) is 40.4 Å². The molecule has 0 bridgehead atoms. The standard InChI is InChI=1S/C21H17N3O3/c25-21(24-22-11-13-5-8-19-20(9-13)27-12-26-19)16-10-18(14-6-7-14)23-17-4-2-1-3-15(16)17/h1-5,8-11,14H,6-7,12H2,(H,24,25)/b22-11-. The van der Waals surface area contributed by atoms with Crippen molar-refractivity contribution in [1.29, 1.82) is 0 Å². The van der Waals surface area contributed by atoms with Crippen LogP contribution < -0.4 is 14.9 Å². The van der Waals surface area contributed by atoms with Crippen molar-refractivity contribution in [3.63, 3.8) is 0 Å². The van der Waals surface area contributed by atoms with E-state index in [2.05, 4.69) is 10.5 Å². The first kappa shape index (κ1) is 15.8. The molecule has 1 aliphatic carbocycles. The molecule has 0 unspecified atom stereocenters. The second kappa shape index (κ2) is 6.39. The lowest BCUT2D eigenvalue weighted by atomic mass is 10.1. The molecule has 0 atom stereocenters. The number of carbonyl (C=O) groups is 1. The van der Waals surface area contributed by atoms with Gasteiger partial charge in [0.25, 0.3) is 5.91 Å². The van der Waals surface area contributed by atoms with Crippen LogP contribution in [0.15, 0.2) is 53.6 Å². The highest BCUT2D eigenvalue weighted by atomic mass is 16.7. The topological polar surface area (TPSA) is 72.8 Å². The molecule has 1 saturated carbocycles. The van der Waals surface area contributed by atoms with E-state index in [9.17, 15) is 4.79 Å². The summed E-state index contributed by atoms with van der Waals surface area (Å²) in [6.07, 6.45) is 3.86. The number of amides is 1. The molecule has 2 heterocycles. The van der Waals surface area contributed by atoms with Gasteiger partial charge in [0.1, 0.15) is 0 Å². The van der Waals surface area contributed by atoms with Crippen LogP contribution in [0.25, 0.3) is 10.9 Å². The molecule has 0 spiro atoms. The van der Waals surface area contributed by atoms with Gasteiger partial charge in [-0.05, 0) is 48.7 Å². The number of hydrogen-bond donors (Lipinski definition) is 1. The van der Waals surface area contributed by atoms with E-state index in [4.69, 9.17) is 14.5 Å². The Morgan fingerprint density at radius 1 is 1.11 bits per heavy atom. The van der Waals surface area contributed by atoms with E-state index in [-0.39, 0.29) is 12.7 Å². The van der Waals surface area contributed by atoms with E-state index in [0.29, 0.717) is 23.0 Å². The van der Waals surface area contributed by atoms with Crippen LogP contribution in [0.2, 0.25) is 0 Å². The van der Waals surface area contributed by atoms with Crippen LogP contribution in [0, 0.1) is 0 Å². The number of pyridine rings is 1. The third kappa shape index (κ3) is 3.10. The number of aromatic nitrogens is 1. The van der Waals surface area contributed by atoms with Crippen LogP contribution in [0.4, 0.5) is 0 Å². The number of carbonyl (C=O) groups excluding carboxylic acids is 1. The van der Waals surface area contributed by atoms with Crippen molar-refractivity contribution in [2.24, 2.45) is 5.10 Å². The fourth-order valence-electron chi connectivity index (χ4n) is 3.19. The number of para-hydroxylation sites is 1. The van der Waals surface area contributed by atoms with Gasteiger partial charge < -0.3 is 9.47 Å². The highest BCUT2D eigenvalue weighted by Crippen LogP contribution is 2.40. The van der Waals surface area contributed by atoms with Gasteiger partial charge in [0.15, 0.2) is 11.5 Å². The molecule has 27 heavy (non-hydrogen) atoms. The van der Waals surface area contributed by atoms with Gasteiger partial charge in [-0.1, -0.05) is 18.2 Å². The smallest absolute Gasteiger partial charge is 0.272 e. The van der Waals surface area contributed by atoms with Crippen LogP contribution in [0.5, 0.6) is 11.5 Å². The van der Waals surface area contributed by atoms with E-state index in [1.54, 1.807) is 6.21 Å². The Bertz CT molecular complexity index is 1070. The van der Waals surface area contributed by atoms with Crippen LogP contribution >= 0.6 is 0 Å². The van der Waals surface area contributed by atoms with Crippen molar-refractivity contribution >= 4 is 23.0 Å². The number of hydrazone groups is 1. The minimum Gasteiger partial charge on any atom is -0.454 e. The molecule has 6 heteroatoms. The molecule has 6 nitrogen and oxygen atoms in total. The van der Waals surface area contributed by atoms with Gasteiger partial charge in [-0.25, -0.2) is 5.43 Å². The molecule has 3 aromatic rings. The Balaban J connectivity index is 1.39. The zero-order valence-corrected chi connectivity index (χ0v) is 14.5. The Morgan fingerprint density at radius 3 is 2.85 bits per heavy atom. The Kier molecular flexibility index (Phi) is 3.74. The van der Waals surface area contributed by atoms with Crippen molar-refractivity contribution in [2.45, 2.75) is 18.8 Å². The lowest BCUT2D eigenvalue weighted by molar-refractivity contribution is 0.0956. The summed E-state index contributed by atoms with van der Waals surface area (Å²) in [6, 6.07) is 15.1. The number of fused-ring (bicyclic) bond motifs is 2. The average molecular weight is 359 g/mol. The summed E-state index contributed by atoms with van der Waals surface area (Å²) in [7, 11) is 0. The molecule has 5 rings (SSSR count). The summed E-state index contributed by atoms with van der Waals surface area (Å²) in [5.74, 6) is 1.62. The lowest BCUT2D eigenvalue weighted by Gasteiger charge is -2.08. The quantitative estimate of drug-likeness (QED) is 0.571. The van der Waals surface area contributed by atoms with Gasteiger partial charge in [-0.15, -0.1) is 0 Å². The van der Waals surface area contributed by atoms with E-state index in [1.807, 2.05) is 48.5 Å². The molecule has 2 aliphatic rings. The molecule has 134 valence electrons. The van der Waals surface area contributed by atoms with E-state index < -0.39 is 0 Å². The average Bonchev–Trinajstić information content (AvgIpc) is 3.45. The zero-order chi connectivity index (χ0) is 18.2. The molecule has 1 aromatic heterocycles. The molecule has 1 aliphatic heterocycles. The third-order valence-electron chi connectivity index (χ3n) is 4.75. The van der Waals surface area contributed by atoms with Gasteiger partial charge >= 0.3 is 0 Å². The number of ether oxygens (including phenoxy) is 2. The largest absolute Gasteiger partial charge is 0.454 e. The molecule has 1 amide bonds. The number of rotatable bonds is 4. The number of nitrogens with zero attached hydrogens (tertiary/aromatic N) is 2. The van der Waals surface area contributed by atoms with Crippen LogP contribution in [0.3, 0.4) is 0 Å². The Hall–Kier alpha value is -3.41. The highest BCUT2D eigenvalue weighted by Gasteiger charge is 2.26. The van der Waals surface area contributed by atoms with Gasteiger partial charge in [0.05, 0.1) is 17.3 Å². The number of benzene rings is 2. The maximum absolute atomic E-state index is 12.7. The summed E-state index contributed by atoms with van der Waals surface area (Å²) in [6.45, 7) is 0.227. The van der Waals surface area contributed by atoms with Gasteiger partial charge in [0, 0.05) is 17.0 Å². The Labute approximate surface area is 155 Å². The molecular formula is C21H17N3O3. The van der Waals surface area contributed by atoms with Crippen molar-refractivity contribution in [2.75, 3.05) is 6.79 Å². The Morgan fingerprint density at radius 2 is 1.96 bits per heavy atom. The summed E-state index contributed by atoms with van der Waals surface area (Å²) in [4.78, 5) is 17.4. The minimum absolute atomic E-state index is 0.227. The molecule has 0 saturated heterocycles. The maximum atomic E-state index is 12.7. The summed E-state index contributed by atoms with van der Waals surface area (Å²) in [5, 5.41) is 4.93. The summed E-state index contributed by atoms with van der Waals surface area (Å²) < 4.78 is 10.6. The third-order valence-corrected chi connectivity index (χ3v) is 4.75. The minimum atomic E-state index is -0.243. The van der Waals surface area contributed by atoms with Crippen molar-refractivity contribution in [1.82, 2.24) is 10.4 Å². The molecule has 1 N–H and O–H groups in total. The summed E-state index contributed by atoms with van der Waals surface area (Å²) in [5.41, 5.74) is 5.87. The molecule has 2 aromatic carbocycles. The van der Waals surface area contributed by atoms with Crippen molar-refractivity contribution in [3.05, 3.63) is 65.4 Å². The number of hydrogen-bond acceptors (Lipinski definition) is 5. The van der Waals surface area contributed by atoms with Crippen molar-refractivity contribution in [3.8, 4) is 11.5 Å². The normalized spacial score (nSPS) is 15.4. The lowest BCUT2D eigenvalue weighted by Crippen LogP contribution is -2.18. The van der Waals surface area contributed by atoms with Crippen LogP contribution in [-0.2, 0) is 0 Å². The maximum Gasteiger partial charge on any atom is 0.272 e. The van der Waals surface area contributed by atoms with E-state index in [0.717, 1.165) is 35.0 Å². The SMILES string of the molecule is O=C(N/N=C\c1ccc2c(c1)OCO2)c1cc(C2CC2)nc2ccccc12. The molecule has 0 radical (unpaired) electrons. The molecular weight excluding hydrogens is 342 g/mol. The van der Waals surface area contributed by atoms with Crippen LogP contribution in [-0.4, -0.2) is 23.9 Å². The van der Waals surface area contributed by atoms with Crippen molar-refractivity contribution < 1.29 is 14.3 Å². The first-order valence-electron chi connectivity index (χ1n) is 8.91. The molecule has 1 fully saturated rings. The fraction of sp³-hybridized carbons (Fsp3) is 0.190. The monoisotopic (exact) mass is 359 g/mol. The fourth-order valence-corrected chi connectivity index (χ4v) is 3.19. The second-order valence-electron chi connectivity index (χ2n) is 6.70. The van der Waals surface area contributed by atoms with Gasteiger partial charge in [0.2, 0.25) is 6.79 Å².